The van der Waals surface area contributed by atoms with Crippen LogP contribution in [0.1, 0.15) is 99.8 Å². The molecule has 5 heterocycles. The minimum atomic E-state index is -1.08. The highest BCUT2D eigenvalue weighted by atomic mass is 19.1. The molecule has 0 radical (unpaired) electrons. The zero-order valence-corrected chi connectivity index (χ0v) is 32.5. The number of piperazine rings is 1. The number of carbonyl (C=O) groups is 4. The summed E-state index contributed by atoms with van der Waals surface area (Å²) in [6.07, 6.45) is 6.38. The zero-order valence-electron chi connectivity index (χ0n) is 32.5. The standard InChI is InChI=1S/C47H48FN5O5/c48-40-23-38-39(47(58)53(46(38)57)41-16-17-43(55)49-45(41)56)24-42(40)51-26-33-11-12-34(27-51)52(33)25-28-18-20-50(21-19-28)32-9-6-30(7-10-32)44-36(29-4-2-1-3-5-29)14-8-31-22-35(54)13-15-37(31)44/h1-7,9-10,13,15,22-24,28,33-34,36,41,44,54H,8,11-12,14,16-21,25-27H2,(H,49,55,56)/t33?,34?,36-,41?,44+/m1/s1. The van der Waals surface area contributed by atoms with Gasteiger partial charge in [-0.3, -0.25) is 34.3 Å². The van der Waals surface area contributed by atoms with Gasteiger partial charge in [-0.2, -0.15) is 0 Å². The molecule has 5 aliphatic heterocycles. The zero-order chi connectivity index (χ0) is 39.7. The summed E-state index contributed by atoms with van der Waals surface area (Å²) in [6, 6.07) is 28.0. The third-order valence-electron chi connectivity index (χ3n) is 14.0. The number of nitrogens with zero attached hydrogens (tertiary/aromatic N) is 4. The molecule has 4 saturated heterocycles. The van der Waals surface area contributed by atoms with E-state index < -0.39 is 35.5 Å². The van der Waals surface area contributed by atoms with Gasteiger partial charge in [0.25, 0.3) is 11.8 Å². The number of amides is 4. The highest BCUT2D eigenvalue weighted by Crippen LogP contribution is 2.47. The highest BCUT2D eigenvalue weighted by Gasteiger charge is 2.47. The van der Waals surface area contributed by atoms with E-state index in [1.807, 2.05) is 17.0 Å². The fourth-order valence-electron chi connectivity index (χ4n) is 11.0. The average Bonchev–Trinajstić information content (AvgIpc) is 3.60. The summed E-state index contributed by atoms with van der Waals surface area (Å²) < 4.78 is 15.8. The number of piperidine rings is 2. The predicted octanol–water partition coefficient (Wildman–Crippen LogP) is 6.36. The first-order valence-corrected chi connectivity index (χ1v) is 21.0. The Morgan fingerprint density at radius 3 is 2.12 bits per heavy atom. The van der Waals surface area contributed by atoms with Crippen molar-refractivity contribution in [1.82, 2.24) is 15.1 Å². The smallest absolute Gasteiger partial charge is 0.262 e. The number of aromatic hydroxyl groups is 1. The molecule has 11 heteroatoms. The Morgan fingerprint density at radius 1 is 0.707 bits per heavy atom. The lowest BCUT2D eigenvalue weighted by Crippen LogP contribution is -2.55. The molecule has 10 rings (SSSR count). The maximum atomic E-state index is 15.8. The summed E-state index contributed by atoms with van der Waals surface area (Å²) in [5.74, 6) is -1.47. The van der Waals surface area contributed by atoms with E-state index in [1.165, 1.54) is 34.0 Å². The molecule has 4 aromatic carbocycles. The van der Waals surface area contributed by atoms with Gasteiger partial charge in [-0.05, 0) is 115 Å². The van der Waals surface area contributed by atoms with E-state index in [0.29, 0.717) is 36.4 Å². The normalized spacial score (nSPS) is 26.2. The molecule has 4 aromatic rings. The number of phenolic OH excluding ortho intramolecular Hbond substituents is 1. The molecule has 0 spiro atoms. The second kappa shape index (κ2) is 14.7. The van der Waals surface area contributed by atoms with E-state index in [1.54, 1.807) is 0 Å². The summed E-state index contributed by atoms with van der Waals surface area (Å²) in [6.45, 7) is 4.32. The quantitative estimate of drug-likeness (QED) is 0.209. The number of phenols is 1. The van der Waals surface area contributed by atoms with Crippen LogP contribution in [-0.4, -0.2) is 89.4 Å². The lowest BCUT2D eigenvalue weighted by Gasteiger charge is -2.44. The van der Waals surface area contributed by atoms with E-state index in [-0.39, 0.29) is 42.0 Å². The number of rotatable bonds is 7. The SMILES string of the molecule is O=C1CCC(N2C(=O)c3cc(F)c(N4CC5CCC(C4)N5CC4CCN(c5ccc([C@@H]6c7ccc(O)cc7CC[C@@H]6c6ccccc6)cc5)CC4)cc3C2=O)C(=O)N1. The second-order valence-electron chi connectivity index (χ2n) is 17.2. The lowest BCUT2D eigenvalue weighted by molar-refractivity contribution is -0.136. The van der Waals surface area contributed by atoms with Gasteiger partial charge in [-0.25, -0.2) is 4.39 Å². The van der Waals surface area contributed by atoms with Crippen molar-refractivity contribution in [3.05, 3.63) is 124 Å². The molecule has 2 bridgehead atoms. The number of imide groups is 2. The van der Waals surface area contributed by atoms with Crippen molar-refractivity contribution < 1.29 is 28.7 Å². The van der Waals surface area contributed by atoms with Crippen LogP contribution in [0.4, 0.5) is 15.8 Å². The monoisotopic (exact) mass is 781 g/mol. The van der Waals surface area contributed by atoms with Crippen molar-refractivity contribution in [3.63, 3.8) is 0 Å². The van der Waals surface area contributed by atoms with Gasteiger partial charge >= 0.3 is 0 Å². The number of nitrogens with one attached hydrogen (secondary N) is 1. The van der Waals surface area contributed by atoms with Gasteiger partial charge in [-0.15, -0.1) is 0 Å². The number of aryl methyl sites for hydroxylation is 1. The Balaban J connectivity index is 0.777. The molecule has 6 aliphatic rings. The molecular formula is C47H48FN5O5. The van der Waals surface area contributed by atoms with E-state index in [4.69, 9.17) is 0 Å². The molecular weight excluding hydrogens is 734 g/mol. The Hall–Kier alpha value is -5.55. The van der Waals surface area contributed by atoms with Gasteiger partial charge in [0.2, 0.25) is 11.8 Å². The molecule has 5 atom stereocenters. The van der Waals surface area contributed by atoms with Crippen molar-refractivity contribution in [3.8, 4) is 5.75 Å². The number of halogens is 1. The molecule has 298 valence electrons. The molecule has 0 aromatic heterocycles. The molecule has 2 N–H and O–H groups in total. The summed E-state index contributed by atoms with van der Waals surface area (Å²) in [7, 11) is 0. The largest absolute Gasteiger partial charge is 0.508 e. The van der Waals surface area contributed by atoms with Crippen LogP contribution in [-0.2, 0) is 16.0 Å². The Morgan fingerprint density at radius 2 is 1.41 bits per heavy atom. The van der Waals surface area contributed by atoms with Gasteiger partial charge in [0.1, 0.15) is 17.6 Å². The first-order valence-electron chi connectivity index (χ1n) is 21.0. The minimum absolute atomic E-state index is 0.0321. The first-order chi connectivity index (χ1) is 28.2. The third-order valence-corrected chi connectivity index (χ3v) is 14.0. The number of fused-ring (bicyclic) bond motifs is 4. The van der Waals surface area contributed by atoms with Gasteiger partial charge in [-0.1, -0.05) is 48.5 Å². The fraction of sp³-hybridized carbons (Fsp3) is 0.404. The topological polar surface area (TPSA) is 114 Å². The van der Waals surface area contributed by atoms with E-state index in [9.17, 15) is 24.3 Å². The number of benzene rings is 4. The Bertz CT molecular complexity index is 2280. The molecule has 0 saturated carbocycles. The Labute approximate surface area is 337 Å². The maximum Gasteiger partial charge on any atom is 0.262 e. The maximum absolute atomic E-state index is 15.8. The molecule has 1 aliphatic carbocycles. The number of hydrogen-bond acceptors (Lipinski definition) is 8. The molecule has 4 amide bonds. The third kappa shape index (κ3) is 6.44. The van der Waals surface area contributed by atoms with Gasteiger partial charge in [0.15, 0.2) is 0 Å². The fourth-order valence-corrected chi connectivity index (χ4v) is 11.0. The van der Waals surface area contributed by atoms with Crippen molar-refractivity contribution in [2.24, 2.45) is 5.92 Å². The van der Waals surface area contributed by atoms with Crippen LogP contribution in [0.15, 0.2) is 84.9 Å². The summed E-state index contributed by atoms with van der Waals surface area (Å²) in [5.41, 5.74) is 6.87. The van der Waals surface area contributed by atoms with Crippen LogP contribution >= 0.6 is 0 Å². The summed E-state index contributed by atoms with van der Waals surface area (Å²) in [4.78, 5) is 59.0. The average molecular weight is 782 g/mol. The number of hydrogen-bond donors (Lipinski definition) is 2. The van der Waals surface area contributed by atoms with E-state index in [2.05, 4.69) is 75.8 Å². The highest BCUT2D eigenvalue weighted by molar-refractivity contribution is 6.23. The number of anilines is 2. The molecule has 10 nitrogen and oxygen atoms in total. The molecule has 3 unspecified atom stereocenters. The van der Waals surface area contributed by atoms with Crippen LogP contribution in [0.2, 0.25) is 0 Å². The first kappa shape index (κ1) is 36.8. The number of carbonyl (C=O) groups excluding carboxylic acids is 4. The lowest BCUT2D eigenvalue weighted by atomic mass is 9.69. The van der Waals surface area contributed by atoms with Crippen molar-refractivity contribution in [2.75, 3.05) is 42.5 Å². The molecule has 58 heavy (non-hydrogen) atoms. The van der Waals surface area contributed by atoms with Crippen molar-refractivity contribution >= 4 is 35.0 Å². The van der Waals surface area contributed by atoms with Crippen LogP contribution in [0.5, 0.6) is 5.75 Å². The van der Waals surface area contributed by atoms with Crippen LogP contribution in [0, 0.1) is 11.7 Å². The summed E-state index contributed by atoms with van der Waals surface area (Å²) >= 11 is 0. The predicted molar refractivity (Wildman–Crippen MR) is 218 cm³/mol. The van der Waals surface area contributed by atoms with Crippen molar-refractivity contribution in [2.45, 2.75) is 81.3 Å². The van der Waals surface area contributed by atoms with Crippen molar-refractivity contribution in [1.29, 1.82) is 0 Å². The van der Waals surface area contributed by atoms with Crippen LogP contribution in [0.3, 0.4) is 0 Å². The molecule has 4 fully saturated rings. The van der Waals surface area contributed by atoms with Gasteiger partial charge < -0.3 is 14.9 Å². The van der Waals surface area contributed by atoms with Crippen LogP contribution < -0.4 is 15.1 Å². The minimum Gasteiger partial charge on any atom is -0.508 e. The summed E-state index contributed by atoms with van der Waals surface area (Å²) in [5, 5.41) is 12.5. The van der Waals surface area contributed by atoms with E-state index >= 15 is 4.39 Å². The van der Waals surface area contributed by atoms with Gasteiger partial charge in [0.05, 0.1) is 16.8 Å². The van der Waals surface area contributed by atoms with E-state index in [0.717, 1.165) is 69.1 Å². The second-order valence-corrected chi connectivity index (χ2v) is 17.2. The Kier molecular flexibility index (Phi) is 9.31. The van der Waals surface area contributed by atoms with Gasteiger partial charge in [0, 0.05) is 62.8 Å². The van der Waals surface area contributed by atoms with Crippen LogP contribution in [0.25, 0.3) is 0 Å².